The SMILES string of the molecule is CC[C@@H](C(=O)NC)N(Cc1cccc(C)c1)C(=O)CSCc1ccc(Br)cc1. The second kappa shape index (κ2) is 11.3. The fraction of sp³-hybridized carbons (Fsp3) is 0.364. The van der Waals surface area contributed by atoms with E-state index < -0.39 is 6.04 Å². The van der Waals surface area contributed by atoms with Crippen molar-refractivity contribution in [1.29, 1.82) is 0 Å². The van der Waals surface area contributed by atoms with Crippen molar-refractivity contribution < 1.29 is 9.59 Å². The largest absolute Gasteiger partial charge is 0.357 e. The predicted molar refractivity (Wildman–Crippen MR) is 120 cm³/mol. The average Bonchev–Trinajstić information content (AvgIpc) is 2.69. The van der Waals surface area contributed by atoms with E-state index in [2.05, 4.69) is 27.3 Å². The smallest absolute Gasteiger partial charge is 0.242 e. The van der Waals surface area contributed by atoms with Gasteiger partial charge in [-0.1, -0.05) is 64.8 Å². The third-order valence-corrected chi connectivity index (χ3v) is 5.99. The number of carbonyl (C=O) groups is 2. The second-order valence-corrected chi connectivity index (χ2v) is 8.57. The van der Waals surface area contributed by atoms with E-state index in [-0.39, 0.29) is 11.8 Å². The summed E-state index contributed by atoms with van der Waals surface area (Å²) >= 11 is 5.00. The van der Waals surface area contributed by atoms with Crippen molar-refractivity contribution in [2.45, 2.75) is 38.6 Å². The summed E-state index contributed by atoms with van der Waals surface area (Å²) in [5.41, 5.74) is 3.35. The third kappa shape index (κ3) is 6.67. The van der Waals surface area contributed by atoms with E-state index in [4.69, 9.17) is 0 Å². The molecule has 2 amide bonds. The molecule has 0 heterocycles. The van der Waals surface area contributed by atoms with Gasteiger partial charge in [-0.3, -0.25) is 9.59 Å². The Morgan fingerprint density at radius 2 is 1.86 bits per heavy atom. The van der Waals surface area contributed by atoms with Gasteiger partial charge in [-0.15, -0.1) is 11.8 Å². The van der Waals surface area contributed by atoms with Crippen LogP contribution in [-0.2, 0) is 21.9 Å². The molecule has 1 atom stereocenters. The van der Waals surface area contributed by atoms with Crippen molar-refractivity contribution in [3.8, 4) is 0 Å². The normalized spacial score (nSPS) is 11.7. The lowest BCUT2D eigenvalue weighted by atomic mass is 10.1. The molecule has 0 fully saturated rings. The Morgan fingerprint density at radius 1 is 1.14 bits per heavy atom. The average molecular weight is 463 g/mol. The second-order valence-electron chi connectivity index (χ2n) is 6.67. The molecule has 0 radical (unpaired) electrons. The van der Waals surface area contributed by atoms with Crippen LogP contribution in [0.15, 0.2) is 53.0 Å². The van der Waals surface area contributed by atoms with Gasteiger partial charge < -0.3 is 10.2 Å². The summed E-state index contributed by atoms with van der Waals surface area (Å²) in [6, 6.07) is 15.7. The van der Waals surface area contributed by atoms with Gasteiger partial charge in [-0.2, -0.15) is 0 Å². The van der Waals surface area contributed by atoms with Gasteiger partial charge in [0.2, 0.25) is 11.8 Å². The standard InChI is InChI=1S/C22H27BrN2O2S/c1-4-20(22(27)24-3)25(13-18-7-5-6-16(2)12-18)21(26)15-28-14-17-8-10-19(23)11-9-17/h5-12,20H,4,13-15H2,1-3H3,(H,24,27)/t20-/m0/s1. The molecule has 0 unspecified atom stereocenters. The van der Waals surface area contributed by atoms with Gasteiger partial charge in [0.25, 0.3) is 0 Å². The van der Waals surface area contributed by atoms with Crippen LogP contribution in [0.4, 0.5) is 0 Å². The number of hydrogen-bond donors (Lipinski definition) is 1. The van der Waals surface area contributed by atoms with Crippen molar-refractivity contribution in [3.63, 3.8) is 0 Å². The first-order valence-corrected chi connectivity index (χ1v) is 11.3. The van der Waals surface area contributed by atoms with Gasteiger partial charge in [0.15, 0.2) is 0 Å². The number of benzene rings is 2. The summed E-state index contributed by atoms with van der Waals surface area (Å²) in [4.78, 5) is 27.1. The van der Waals surface area contributed by atoms with E-state index in [9.17, 15) is 9.59 Å². The molecule has 2 rings (SSSR count). The molecule has 1 N–H and O–H groups in total. The molecular weight excluding hydrogens is 436 g/mol. The highest BCUT2D eigenvalue weighted by molar-refractivity contribution is 9.10. The minimum absolute atomic E-state index is 0.0148. The lowest BCUT2D eigenvalue weighted by Gasteiger charge is -2.30. The fourth-order valence-corrected chi connectivity index (χ4v) is 4.15. The van der Waals surface area contributed by atoms with Crippen LogP contribution in [0.1, 0.15) is 30.0 Å². The van der Waals surface area contributed by atoms with Crippen molar-refractivity contribution in [3.05, 3.63) is 69.7 Å². The number of likely N-dealkylation sites (N-methyl/N-ethyl adjacent to an activating group) is 1. The highest BCUT2D eigenvalue weighted by Crippen LogP contribution is 2.19. The zero-order chi connectivity index (χ0) is 20.5. The van der Waals surface area contributed by atoms with Crippen LogP contribution in [0.3, 0.4) is 0 Å². The van der Waals surface area contributed by atoms with E-state index in [1.165, 1.54) is 5.56 Å². The molecule has 0 spiro atoms. The Morgan fingerprint density at radius 3 is 2.46 bits per heavy atom. The summed E-state index contributed by atoms with van der Waals surface area (Å²) < 4.78 is 1.04. The van der Waals surface area contributed by atoms with E-state index in [1.807, 2.05) is 56.3 Å². The molecule has 0 aliphatic heterocycles. The monoisotopic (exact) mass is 462 g/mol. The lowest BCUT2D eigenvalue weighted by molar-refractivity contribution is -0.139. The third-order valence-electron chi connectivity index (χ3n) is 4.48. The maximum atomic E-state index is 13.0. The van der Waals surface area contributed by atoms with E-state index in [0.29, 0.717) is 18.7 Å². The van der Waals surface area contributed by atoms with Gasteiger partial charge >= 0.3 is 0 Å². The molecular formula is C22H27BrN2O2S. The molecule has 0 aliphatic carbocycles. The van der Waals surface area contributed by atoms with Crippen molar-refractivity contribution in [2.24, 2.45) is 0 Å². The van der Waals surface area contributed by atoms with Crippen LogP contribution in [0, 0.1) is 6.92 Å². The van der Waals surface area contributed by atoms with Crippen molar-refractivity contribution >= 4 is 39.5 Å². The number of thioether (sulfide) groups is 1. The van der Waals surface area contributed by atoms with E-state index >= 15 is 0 Å². The van der Waals surface area contributed by atoms with Crippen LogP contribution in [0.2, 0.25) is 0 Å². The van der Waals surface area contributed by atoms with Crippen LogP contribution in [0.25, 0.3) is 0 Å². The number of carbonyl (C=O) groups excluding carboxylic acids is 2. The van der Waals surface area contributed by atoms with Crippen molar-refractivity contribution in [2.75, 3.05) is 12.8 Å². The number of halogens is 1. The van der Waals surface area contributed by atoms with Gasteiger partial charge in [-0.25, -0.2) is 0 Å². The number of aryl methyl sites for hydroxylation is 1. The molecule has 2 aromatic carbocycles. The topological polar surface area (TPSA) is 49.4 Å². The predicted octanol–water partition coefficient (Wildman–Crippen LogP) is 4.54. The maximum absolute atomic E-state index is 13.0. The quantitative estimate of drug-likeness (QED) is 0.594. The van der Waals surface area contributed by atoms with Gasteiger partial charge in [-0.05, 0) is 36.6 Å². The van der Waals surface area contributed by atoms with Crippen molar-refractivity contribution in [1.82, 2.24) is 10.2 Å². The first-order chi connectivity index (χ1) is 13.4. The summed E-state index contributed by atoms with van der Waals surface area (Å²) in [6.45, 7) is 4.40. The Balaban J connectivity index is 2.08. The lowest BCUT2D eigenvalue weighted by Crippen LogP contribution is -2.48. The van der Waals surface area contributed by atoms with Crippen LogP contribution in [-0.4, -0.2) is 35.6 Å². The molecule has 6 heteroatoms. The Kier molecular flexibility index (Phi) is 9.06. The fourth-order valence-electron chi connectivity index (χ4n) is 3.01. The maximum Gasteiger partial charge on any atom is 0.242 e. The minimum atomic E-state index is -0.466. The summed E-state index contributed by atoms with van der Waals surface area (Å²) in [5.74, 6) is 0.962. The highest BCUT2D eigenvalue weighted by Gasteiger charge is 2.27. The highest BCUT2D eigenvalue weighted by atomic mass is 79.9. The first kappa shape index (κ1) is 22.5. The summed E-state index contributed by atoms with van der Waals surface area (Å²) in [6.07, 6.45) is 0.578. The first-order valence-electron chi connectivity index (χ1n) is 9.33. The molecule has 2 aromatic rings. The molecule has 0 saturated heterocycles. The van der Waals surface area contributed by atoms with E-state index in [0.717, 1.165) is 21.4 Å². The number of nitrogens with zero attached hydrogens (tertiary/aromatic N) is 1. The number of rotatable bonds is 9. The molecule has 0 bridgehead atoms. The Labute approximate surface area is 180 Å². The minimum Gasteiger partial charge on any atom is -0.357 e. The van der Waals surface area contributed by atoms with E-state index in [1.54, 1.807) is 23.7 Å². The molecule has 0 saturated carbocycles. The molecule has 4 nitrogen and oxygen atoms in total. The zero-order valence-electron chi connectivity index (χ0n) is 16.6. The zero-order valence-corrected chi connectivity index (χ0v) is 19.0. The van der Waals surface area contributed by atoms with Gasteiger partial charge in [0, 0.05) is 23.8 Å². The summed E-state index contributed by atoms with van der Waals surface area (Å²) in [5, 5.41) is 2.69. The molecule has 28 heavy (non-hydrogen) atoms. The van der Waals surface area contributed by atoms with Crippen LogP contribution in [0.5, 0.6) is 0 Å². The molecule has 150 valence electrons. The van der Waals surface area contributed by atoms with Gasteiger partial charge in [0.1, 0.15) is 6.04 Å². The number of nitrogens with one attached hydrogen (secondary N) is 1. The van der Waals surface area contributed by atoms with Gasteiger partial charge in [0.05, 0.1) is 5.75 Å². The number of amides is 2. The number of hydrogen-bond acceptors (Lipinski definition) is 3. The molecule has 0 aromatic heterocycles. The van der Waals surface area contributed by atoms with Crippen LogP contribution >= 0.6 is 27.7 Å². The Bertz CT molecular complexity index is 795. The molecule has 0 aliphatic rings. The Hall–Kier alpha value is -1.79. The van der Waals surface area contributed by atoms with Crippen LogP contribution < -0.4 is 5.32 Å². The summed E-state index contributed by atoms with van der Waals surface area (Å²) in [7, 11) is 1.61.